The average molecular weight is 315 g/mol. The summed E-state index contributed by atoms with van der Waals surface area (Å²) in [6, 6.07) is 12.6. The quantitative estimate of drug-likeness (QED) is 0.658. The predicted molar refractivity (Wildman–Crippen MR) is 85.9 cm³/mol. The SMILES string of the molecule is NC(/C=C\Nc1ccc(F)c(F)c1)=NC(=O)Cc1ccccc1. The number of halogens is 2. The summed E-state index contributed by atoms with van der Waals surface area (Å²) < 4.78 is 25.8. The lowest BCUT2D eigenvalue weighted by molar-refractivity contribution is -0.117. The van der Waals surface area contributed by atoms with Crippen LogP contribution in [0.15, 0.2) is 65.8 Å². The van der Waals surface area contributed by atoms with Crippen LogP contribution in [0, 0.1) is 11.6 Å². The molecule has 3 N–H and O–H groups in total. The molecule has 0 unspecified atom stereocenters. The molecule has 0 saturated carbocycles. The third kappa shape index (κ3) is 5.35. The van der Waals surface area contributed by atoms with Crippen LogP contribution in [0.2, 0.25) is 0 Å². The van der Waals surface area contributed by atoms with Crippen molar-refractivity contribution in [2.24, 2.45) is 10.7 Å². The fourth-order valence-electron chi connectivity index (χ4n) is 1.80. The minimum Gasteiger partial charge on any atom is -0.384 e. The van der Waals surface area contributed by atoms with Crippen LogP contribution < -0.4 is 11.1 Å². The first-order valence-corrected chi connectivity index (χ1v) is 6.83. The molecule has 1 amide bonds. The summed E-state index contributed by atoms with van der Waals surface area (Å²) in [6.07, 6.45) is 2.91. The highest BCUT2D eigenvalue weighted by atomic mass is 19.2. The molecule has 0 aliphatic carbocycles. The molecule has 0 aliphatic rings. The number of rotatable bonds is 5. The van der Waals surface area contributed by atoms with Gasteiger partial charge in [-0.15, -0.1) is 0 Å². The Balaban J connectivity index is 1.90. The molecule has 0 saturated heterocycles. The molecule has 2 aromatic carbocycles. The fourth-order valence-corrected chi connectivity index (χ4v) is 1.80. The Bertz CT molecular complexity index is 743. The van der Waals surface area contributed by atoms with Gasteiger partial charge in [0.05, 0.1) is 6.42 Å². The first kappa shape index (κ1) is 16.4. The lowest BCUT2D eigenvalue weighted by atomic mass is 10.1. The Morgan fingerprint density at radius 2 is 1.87 bits per heavy atom. The molecular formula is C17H15F2N3O. The van der Waals surface area contributed by atoms with Crippen molar-refractivity contribution < 1.29 is 13.6 Å². The molecule has 0 heterocycles. The Hall–Kier alpha value is -3.02. The molecule has 2 rings (SSSR count). The number of amidine groups is 1. The second-order valence-electron chi connectivity index (χ2n) is 4.70. The molecule has 4 nitrogen and oxygen atoms in total. The summed E-state index contributed by atoms with van der Waals surface area (Å²) in [5, 5.41) is 2.71. The smallest absolute Gasteiger partial charge is 0.252 e. The highest BCUT2D eigenvalue weighted by molar-refractivity contribution is 6.00. The third-order valence-corrected chi connectivity index (χ3v) is 2.88. The van der Waals surface area contributed by atoms with Gasteiger partial charge in [-0.2, -0.15) is 4.99 Å². The molecule has 0 atom stereocenters. The summed E-state index contributed by atoms with van der Waals surface area (Å²) in [6.45, 7) is 0. The van der Waals surface area contributed by atoms with E-state index in [1.165, 1.54) is 18.3 Å². The Morgan fingerprint density at radius 3 is 2.57 bits per heavy atom. The maximum Gasteiger partial charge on any atom is 0.252 e. The van der Waals surface area contributed by atoms with Crippen LogP contribution in [0.4, 0.5) is 14.5 Å². The topological polar surface area (TPSA) is 67.5 Å². The average Bonchev–Trinajstić information content (AvgIpc) is 2.51. The van der Waals surface area contributed by atoms with Crippen LogP contribution in [0.5, 0.6) is 0 Å². The largest absolute Gasteiger partial charge is 0.384 e. The summed E-state index contributed by atoms with van der Waals surface area (Å²) in [4.78, 5) is 15.5. The predicted octanol–water partition coefficient (Wildman–Crippen LogP) is 3.02. The number of nitrogens with one attached hydrogen (secondary N) is 1. The van der Waals surface area contributed by atoms with Crippen molar-refractivity contribution in [3.63, 3.8) is 0 Å². The van der Waals surface area contributed by atoms with E-state index in [-0.39, 0.29) is 18.2 Å². The molecular weight excluding hydrogens is 300 g/mol. The normalized spacial score (nSPS) is 11.7. The minimum absolute atomic E-state index is 0.0148. The summed E-state index contributed by atoms with van der Waals surface area (Å²) in [7, 11) is 0. The molecule has 0 radical (unpaired) electrons. The molecule has 0 aliphatic heterocycles. The van der Waals surface area contributed by atoms with E-state index in [1.54, 1.807) is 0 Å². The number of nitrogens with zero attached hydrogens (tertiary/aromatic N) is 1. The van der Waals surface area contributed by atoms with Crippen molar-refractivity contribution in [1.82, 2.24) is 0 Å². The minimum atomic E-state index is -0.955. The monoisotopic (exact) mass is 315 g/mol. The number of anilines is 1. The van der Waals surface area contributed by atoms with Crippen LogP contribution in [-0.2, 0) is 11.2 Å². The van der Waals surface area contributed by atoms with Crippen molar-refractivity contribution in [2.45, 2.75) is 6.42 Å². The zero-order valence-electron chi connectivity index (χ0n) is 12.2. The molecule has 0 aromatic heterocycles. The van der Waals surface area contributed by atoms with Gasteiger partial charge in [-0.1, -0.05) is 30.3 Å². The first-order chi connectivity index (χ1) is 11.0. The van der Waals surface area contributed by atoms with Gasteiger partial charge in [0.1, 0.15) is 5.84 Å². The summed E-state index contributed by atoms with van der Waals surface area (Å²) in [5.41, 5.74) is 6.81. The number of nitrogens with two attached hydrogens (primary N) is 1. The lowest BCUT2D eigenvalue weighted by Gasteiger charge is -2.01. The molecule has 0 bridgehead atoms. The summed E-state index contributed by atoms with van der Waals surface area (Å²) >= 11 is 0. The van der Waals surface area contributed by atoms with E-state index in [0.29, 0.717) is 5.69 Å². The Kier molecular flexibility index (Phi) is 5.57. The maximum atomic E-state index is 13.0. The number of benzene rings is 2. The van der Waals surface area contributed by atoms with E-state index in [4.69, 9.17) is 5.73 Å². The van der Waals surface area contributed by atoms with Gasteiger partial charge in [-0.3, -0.25) is 4.79 Å². The van der Waals surface area contributed by atoms with Crippen molar-refractivity contribution >= 4 is 17.4 Å². The van der Waals surface area contributed by atoms with Gasteiger partial charge in [0.2, 0.25) is 0 Å². The third-order valence-electron chi connectivity index (χ3n) is 2.88. The van der Waals surface area contributed by atoms with Gasteiger partial charge in [0, 0.05) is 18.0 Å². The number of carbonyl (C=O) groups is 1. The van der Waals surface area contributed by atoms with Crippen molar-refractivity contribution in [3.8, 4) is 0 Å². The fraction of sp³-hybridized carbons (Fsp3) is 0.0588. The number of amides is 1. The van der Waals surface area contributed by atoms with Crippen LogP contribution in [-0.4, -0.2) is 11.7 Å². The van der Waals surface area contributed by atoms with Crippen molar-refractivity contribution in [2.75, 3.05) is 5.32 Å². The van der Waals surface area contributed by atoms with Crippen LogP contribution in [0.25, 0.3) is 0 Å². The molecule has 0 fully saturated rings. The molecule has 118 valence electrons. The van der Waals surface area contributed by atoms with Gasteiger partial charge < -0.3 is 11.1 Å². The van der Waals surface area contributed by atoms with Gasteiger partial charge >= 0.3 is 0 Å². The van der Waals surface area contributed by atoms with Gasteiger partial charge in [0.25, 0.3) is 5.91 Å². The van der Waals surface area contributed by atoms with E-state index in [0.717, 1.165) is 17.7 Å². The maximum absolute atomic E-state index is 13.0. The second kappa shape index (κ2) is 7.84. The molecule has 2 aromatic rings. The van der Waals surface area contributed by atoms with E-state index in [1.807, 2.05) is 30.3 Å². The highest BCUT2D eigenvalue weighted by Crippen LogP contribution is 2.12. The molecule has 0 spiro atoms. The van der Waals surface area contributed by atoms with Gasteiger partial charge in [-0.05, 0) is 23.8 Å². The zero-order valence-corrected chi connectivity index (χ0v) is 12.2. The number of carbonyl (C=O) groups excluding carboxylic acids is 1. The molecule has 6 heteroatoms. The Morgan fingerprint density at radius 1 is 1.13 bits per heavy atom. The van der Waals surface area contributed by atoms with Gasteiger partial charge in [-0.25, -0.2) is 8.78 Å². The zero-order chi connectivity index (χ0) is 16.7. The van der Waals surface area contributed by atoms with Crippen LogP contribution >= 0.6 is 0 Å². The summed E-state index contributed by atoms with van der Waals surface area (Å²) in [5.74, 6) is -2.23. The van der Waals surface area contributed by atoms with E-state index >= 15 is 0 Å². The lowest BCUT2D eigenvalue weighted by Crippen LogP contribution is -2.12. The van der Waals surface area contributed by atoms with Crippen molar-refractivity contribution in [3.05, 3.63) is 78.0 Å². The highest BCUT2D eigenvalue weighted by Gasteiger charge is 2.02. The Labute approximate surface area is 132 Å². The number of hydrogen-bond acceptors (Lipinski definition) is 2. The van der Waals surface area contributed by atoms with Crippen LogP contribution in [0.3, 0.4) is 0 Å². The van der Waals surface area contributed by atoms with E-state index in [9.17, 15) is 13.6 Å². The van der Waals surface area contributed by atoms with Crippen LogP contribution in [0.1, 0.15) is 5.56 Å². The van der Waals surface area contributed by atoms with E-state index in [2.05, 4.69) is 10.3 Å². The standard InChI is InChI=1S/C17H15F2N3O/c18-14-7-6-13(11-15(14)19)21-9-8-16(20)22-17(23)10-12-4-2-1-3-5-12/h1-9,11,21H,10H2,(H2,20,22,23)/b9-8-. The van der Waals surface area contributed by atoms with Gasteiger partial charge in [0.15, 0.2) is 11.6 Å². The van der Waals surface area contributed by atoms with Crippen molar-refractivity contribution in [1.29, 1.82) is 0 Å². The number of aliphatic imine (C=N–C) groups is 1. The molecule has 23 heavy (non-hydrogen) atoms. The second-order valence-corrected chi connectivity index (χ2v) is 4.70. The van der Waals surface area contributed by atoms with E-state index < -0.39 is 11.6 Å². The number of hydrogen-bond donors (Lipinski definition) is 2. The first-order valence-electron chi connectivity index (χ1n) is 6.83.